The van der Waals surface area contributed by atoms with Crippen molar-refractivity contribution in [2.45, 2.75) is 31.7 Å². The van der Waals surface area contributed by atoms with Gasteiger partial charge in [0.25, 0.3) is 0 Å². The smallest absolute Gasteiger partial charge is 0.226 e. The van der Waals surface area contributed by atoms with Gasteiger partial charge >= 0.3 is 0 Å². The summed E-state index contributed by atoms with van der Waals surface area (Å²) in [6, 6.07) is 12.1. The van der Waals surface area contributed by atoms with E-state index in [1.165, 1.54) is 5.69 Å². The third kappa shape index (κ3) is 3.36. The summed E-state index contributed by atoms with van der Waals surface area (Å²) in [4.78, 5) is 21.6. The van der Waals surface area contributed by atoms with Gasteiger partial charge in [-0.25, -0.2) is 4.98 Å². The molecule has 152 valence electrons. The van der Waals surface area contributed by atoms with Crippen LogP contribution in [0.2, 0.25) is 0 Å². The molecule has 30 heavy (non-hydrogen) atoms. The molecule has 0 unspecified atom stereocenters. The molecule has 3 aromatic rings. The van der Waals surface area contributed by atoms with Gasteiger partial charge in [0, 0.05) is 37.4 Å². The topological polar surface area (TPSA) is 90.4 Å². The lowest BCUT2D eigenvalue weighted by molar-refractivity contribution is -0.132. The van der Waals surface area contributed by atoms with Gasteiger partial charge < -0.3 is 9.80 Å². The van der Waals surface area contributed by atoms with E-state index in [9.17, 15) is 4.79 Å². The average Bonchev–Trinajstić information content (AvgIpc) is 3.39. The first-order valence-corrected chi connectivity index (χ1v) is 10.4. The Balaban J connectivity index is 1.19. The van der Waals surface area contributed by atoms with Crippen LogP contribution >= 0.6 is 0 Å². The van der Waals surface area contributed by atoms with E-state index >= 15 is 0 Å². The molecule has 3 aromatic heterocycles. The van der Waals surface area contributed by atoms with E-state index < -0.39 is 0 Å². The molecule has 0 saturated carbocycles. The first-order chi connectivity index (χ1) is 14.7. The number of carbonyl (C=O) groups excluding carboxylic acids is 1. The summed E-state index contributed by atoms with van der Waals surface area (Å²) in [6.45, 7) is 2.33. The van der Waals surface area contributed by atoms with Crippen molar-refractivity contribution in [1.29, 1.82) is 5.26 Å². The van der Waals surface area contributed by atoms with Crippen molar-refractivity contribution >= 4 is 17.4 Å². The molecule has 0 radical (unpaired) electrons. The van der Waals surface area contributed by atoms with Crippen LogP contribution < -0.4 is 4.90 Å². The molecule has 2 atom stereocenters. The molecule has 0 bridgehead atoms. The number of anilines is 1. The lowest BCUT2D eigenvalue weighted by atomic mass is 9.97. The van der Waals surface area contributed by atoms with Gasteiger partial charge in [0.2, 0.25) is 5.91 Å². The highest BCUT2D eigenvalue weighted by Crippen LogP contribution is 2.32. The molecule has 0 aliphatic carbocycles. The SMILES string of the molecule is N#Cc1ccc(N2CCN3C(=O)[C@@H](CCCc4cccc5nncn45)C[C@H]3C2)nc1. The minimum Gasteiger partial charge on any atom is -0.353 e. The van der Waals surface area contributed by atoms with E-state index in [2.05, 4.69) is 37.1 Å². The predicted molar refractivity (Wildman–Crippen MR) is 111 cm³/mol. The zero-order chi connectivity index (χ0) is 20.5. The van der Waals surface area contributed by atoms with Gasteiger partial charge in [-0.05, 0) is 49.9 Å². The third-order valence-corrected chi connectivity index (χ3v) is 6.28. The normalized spacial score (nSPS) is 21.1. The second kappa shape index (κ2) is 7.75. The molecule has 2 saturated heterocycles. The zero-order valence-electron chi connectivity index (χ0n) is 16.7. The molecule has 5 rings (SSSR count). The van der Waals surface area contributed by atoms with Gasteiger partial charge in [0.05, 0.1) is 11.6 Å². The molecule has 2 aliphatic heterocycles. The largest absolute Gasteiger partial charge is 0.353 e. The fourth-order valence-corrected chi connectivity index (χ4v) is 4.74. The van der Waals surface area contributed by atoms with Gasteiger partial charge in [-0.3, -0.25) is 9.20 Å². The number of rotatable bonds is 5. The van der Waals surface area contributed by atoms with Crippen molar-refractivity contribution in [3.05, 3.63) is 54.1 Å². The second-order valence-corrected chi connectivity index (χ2v) is 8.05. The average molecular weight is 401 g/mol. The lowest BCUT2D eigenvalue weighted by Crippen LogP contribution is -2.51. The molecule has 2 fully saturated rings. The number of nitrogens with zero attached hydrogens (tertiary/aromatic N) is 7. The number of amides is 1. The van der Waals surface area contributed by atoms with Crippen LogP contribution in [-0.4, -0.2) is 56.1 Å². The van der Waals surface area contributed by atoms with Crippen LogP contribution in [-0.2, 0) is 11.2 Å². The first kappa shape index (κ1) is 18.6. The highest BCUT2D eigenvalue weighted by Gasteiger charge is 2.42. The summed E-state index contributed by atoms with van der Waals surface area (Å²) >= 11 is 0. The predicted octanol–water partition coefficient (Wildman–Crippen LogP) is 2.06. The zero-order valence-corrected chi connectivity index (χ0v) is 16.7. The second-order valence-electron chi connectivity index (χ2n) is 8.05. The minimum absolute atomic E-state index is 0.101. The number of hydrogen-bond acceptors (Lipinski definition) is 6. The summed E-state index contributed by atoms with van der Waals surface area (Å²) in [5.41, 5.74) is 2.60. The van der Waals surface area contributed by atoms with Crippen LogP contribution in [0.3, 0.4) is 0 Å². The standard InChI is InChI=1S/C22H23N7O/c23-12-16-7-8-20(24-13-16)27-9-10-28-19(14-27)11-17(22(28)30)3-1-4-18-5-2-6-21-26-25-15-29(18)21/h2,5-8,13,15,17,19H,1,3-4,9-11,14H2/t17-,19-/m0/s1. The van der Waals surface area contributed by atoms with E-state index in [0.29, 0.717) is 11.5 Å². The van der Waals surface area contributed by atoms with Crippen molar-refractivity contribution in [1.82, 2.24) is 24.5 Å². The Morgan fingerprint density at radius 3 is 2.97 bits per heavy atom. The van der Waals surface area contributed by atoms with Crippen molar-refractivity contribution < 1.29 is 4.79 Å². The Hall–Kier alpha value is -3.47. The van der Waals surface area contributed by atoms with Crippen LogP contribution in [0.1, 0.15) is 30.5 Å². The number of piperazine rings is 1. The highest BCUT2D eigenvalue weighted by atomic mass is 16.2. The van der Waals surface area contributed by atoms with E-state index in [-0.39, 0.29) is 12.0 Å². The Labute approximate surface area is 174 Å². The minimum atomic E-state index is 0.101. The molecule has 8 heteroatoms. The van der Waals surface area contributed by atoms with Gasteiger partial charge in [0.1, 0.15) is 18.2 Å². The van der Waals surface area contributed by atoms with Crippen molar-refractivity contribution in [3.63, 3.8) is 0 Å². The number of aromatic nitrogens is 4. The summed E-state index contributed by atoms with van der Waals surface area (Å²) in [5, 5.41) is 17.0. The summed E-state index contributed by atoms with van der Waals surface area (Å²) in [7, 11) is 0. The van der Waals surface area contributed by atoms with Gasteiger partial charge in [-0.2, -0.15) is 5.26 Å². The maximum absolute atomic E-state index is 12.9. The number of pyridine rings is 2. The first-order valence-electron chi connectivity index (χ1n) is 10.4. The van der Waals surface area contributed by atoms with Crippen molar-refractivity contribution in [2.75, 3.05) is 24.5 Å². The Morgan fingerprint density at radius 2 is 2.13 bits per heavy atom. The fraction of sp³-hybridized carbons (Fsp3) is 0.409. The van der Waals surface area contributed by atoms with Gasteiger partial charge in [0.15, 0.2) is 5.65 Å². The Bertz CT molecular complexity index is 1100. The number of nitriles is 1. The van der Waals surface area contributed by atoms with E-state index in [0.717, 1.165) is 56.8 Å². The monoisotopic (exact) mass is 401 g/mol. The molecule has 0 N–H and O–H groups in total. The Kier molecular flexibility index (Phi) is 4.79. The maximum atomic E-state index is 12.9. The van der Waals surface area contributed by atoms with Crippen molar-refractivity contribution in [3.8, 4) is 6.07 Å². The summed E-state index contributed by atoms with van der Waals surface area (Å²) in [5.74, 6) is 1.28. The molecular weight excluding hydrogens is 378 g/mol. The molecule has 1 amide bonds. The number of hydrogen-bond donors (Lipinski definition) is 0. The number of aryl methyl sites for hydroxylation is 1. The Morgan fingerprint density at radius 1 is 1.20 bits per heavy atom. The third-order valence-electron chi connectivity index (χ3n) is 6.28. The van der Waals surface area contributed by atoms with Gasteiger partial charge in [-0.1, -0.05) is 6.07 Å². The van der Waals surface area contributed by atoms with Crippen molar-refractivity contribution in [2.24, 2.45) is 5.92 Å². The summed E-state index contributed by atoms with van der Waals surface area (Å²) in [6.07, 6.45) is 7.04. The summed E-state index contributed by atoms with van der Waals surface area (Å²) < 4.78 is 2.02. The lowest BCUT2D eigenvalue weighted by Gasteiger charge is -2.38. The number of fused-ring (bicyclic) bond motifs is 2. The molecule has 0 aromatic carbocycles. The van der Waals surface area contributed by atoms with Gasteiger partial charge in [-0.15, -0.1) is 10.2 Å². The molecule has 0 spiro atoms. The molecule has 5 heterocycles. The molecule has 8 nitrogen and oxygen atoms in total. The van der Waals surface area contributed by atoms with Crippen LogP contribution in [0.25, 0.3) is 5.65 Å². The fourth-order valence-electron chi connectivity index (χ4n) is 4.74. The quantitative estimate of drug-likeness (QED) is 0.650. The van der Waals surface area contributed by atoms with E-state index in [1.54, 1.807) is 18.6 Å². The maximum Gasteiger partial charge on any atom is 0.226 e. The van der Waals surface area contributed by atoms with Crippen LogP contribution in [0.4, 0.5) is 5.82 Å². The van der Waals surface area contributed by atoms with Crippen LogP contribution in [0, 0.1) is 17.2 Å². The van der Waals surface area contributed by atoms with Crippen LogP contribution in [0.15, 0.2) is 42.9 Å². The molecular formula is C22H23N7O. The van der Waals surface area contributed by atoms with Crippen LogP contribution in [0.5, 0.6) is 0 Å². The van der Waals surface area contributed by atoms with E-state index in [1.807, 2.05) is 22.6 Å². The molecule has 2 aliphatic rings. The van der Waals surface area contributed by atoms with E-state index in [4.69, 9.17) is 5.26 Å². The highest BCUT2D eigenvalue weighted by molar-refractivity contribution is 5.82. The number of carbonyl (C=O) groups is 1.